The van der Waals surface area contributed by atoms with E-state index < -0.39 is 24.0 Å². The van der Waals surface area contributed by atoms with E-state index in [0.717, 1.165) is 12.1 Å². The van der Waals surface area contributed by atoms with Crippen LogP contribution in [0.5, 0.6) is 5.75 Å². The normalized spacial score (nSPS) is 11.0. The fraction of sp³-hybridized carbons (Fsp3) is 0.214. The zero-order valence-corrected chi connectivity index (χ0v) is 12.5. The molecule has 7 nitrogen and oxygen atoms in total. The topological polar surface area (TPSA) is 82.5 Å². The lowest BCUT2D eigenvalue weighted by molar-refractivity contribution is -0.274. The number of halogens is 3. The van der Waals surface area contributed by atoms with Gasteiger partial charge in [-0.2, -0.15) is 5.10 Å². The molecule has 1 aromatic carbocycles. The SMILES string of the molecule is COC(=O)c1cc(C(=O)Nc2ccc(OC(F)(F)F)cc2)nn1C. The summed E-state index contributed by atoms with van der Waals surface area (Å²) in [6.45, 7) is 0. The van der Waals surface area contributed by atoms with Crippen molar-refractivity contribution in [1.82, 2.24) is 9.78 Å². The molecule has 10 heteroatoms. The Kier molecular flexibility index (Phi) is 4.77. The van der Waals surface area contributed by atoms with Gasteiger partial charge >= 0.3 is 12.3 Å². The van der Waals surface area contributed by atoms with Crippen molar-refractivity contribution in [2.24, 2.45) is 7.05 Å². The number of hydrogen-bond donors (Lipinski definition) is 1. The zero-order chi connectivity index (χ0) is 17.9. The lowest BCUT2D eigenvalue weighted by Gasteiger charge is -2.09. The first kappa shape index (κ1) is 17.3. The number of aryl methyl sites for hydroxylation is 1. The molecule has 1 N–H and O–H groups in total. The molecule has 0 spiro atoms. The number of alkyl halides is 3. The Hall–Kier alpha value is -3.04. The van der Waals surface area contributed by atoms with Crippen molar-refractivity contribution in [3.8, 4) is 5.75 Å². The highest BCUT2D eigenvalue weighted by molar-refractivity contribution is 6.04. The fourth-order valence-electron chi connectivity index (χ4n) is 1.81. The van der Waals surface area contributed by atoms with E-state index >= 15 is 0 Å². The van der Waals surface area contributed by atoms with Crippen molar-refractivity contribution in [2.75, 3.05) is 12.4 Å². The Labute approximate surface area is 134 Å². The van der Waals surface area contributed by atoms with Crippen molar-refractivity contribution in [3.05, 3.63) is 41.7 Å². The third kappa shape index (κ3) is 4.24. The van der Waals surface area contributed by atoms with Gasteiger partial charge in [0.05, 0.1) is 7.11 Å². The van der Waals surface area contributed by atoms with Crippen LogP contribution in [0.4, 0.5) is 18.9 Å². The number of benzene rings is 1. The predicted octanol–water partition coefficient (Wildman–Crippen LogP) is 2.36. The molecule has 0 saturated heterocycles. The van der Waals surface area contributed by atoms with Crippen LogP contribution in [0.2, 0.25) is 0 Å². The highest BCUT2D eigenvalue weighted by atomic mass is 19.4. The second-order valence-electron chi connectivity index (χ2n) is 4.56. The standard InChI is InChI=1S/C14H12F3N3O4/c1-20-11(13(22)23-2)7-10(19-20)12(21)18-8-3-5-9(6-4-8)24-14(15,16)17/h3-7H,1-2H3,(H,18,21). The van der Waals surface area contributed by atoms with Crippen LogP contribution in [0, 0.1) is 0 Å². The van der Waals surface area contributed by atoms with Gasteiger partial charge in [0, 0.05) is 18.8 Å². The van der Waals surface area contributed by atoms with E-state index in [1.54, 1.807) is 0 Å². The third-order valence-corrected chi connectivity index (χ3v) is 2.85. The Balaban J connectivity index is 2.08. The monoisotopic (exact) mass is 343 g/mol. The fourth-order valence-corrected chi connectivity index (χ4v) is 1.81. The van der Waals surface area contributed by atoms with E-state index in [1.807, 2.05) is 0 Å². The highest BCUT2D eigenvalue weighted by Crippen LogP contribution is 2.24. The van der Waals surface area contributed by atoms with Crippen LogP contribution in [-0.2, 0) is 11.8 Å². The molecule has 2 aromatic rings. The summed E-state index contributed by atoms with van der Waals surface area (Å²) in [7, 11) is 2.66. The molecule has 0 unspecified atom stereocenters. The van der Waals surface area contributed by atoms with Crippen LogP contribution < -0.4 is 10.1 Å². The summed E-state index contributed by atoms with van der Waals surface area (Å²) < 4.78 is 45.7. The number of hydrogen-bond acceptors (Lipinski definition) is 5. The number of methoxy groups -OCH3 is 1. The zero-order valence-electron chi connectivity index (χ0n) is 12.5. The van der Waals surface area contributed by atoms with Crippen molar-refractivity contribution < 1.29 is 32.2 Å². The minimum Gasteiger partial charge on any atom is -0.464 e. The molecule has 24 heavy (non-hydrogen) atoms. The summed E-state index contributed by atoms with van der Waals surface area (Å²) in [5.74, 6) is -1.70. The molecule has 0 bridgehead atoms. The number of aromatic nitrogens is 2. The first-order chi connectivity index (χ1) is 11.2. The number of ether oxygens (including phenoxy) is 2. The molecule has 0 aliphatic heterocycles. The number of nitrogens with one attached hydrogen (secondary N) is 1. The summed E-state index contributed by atoms with van der Waals surface area (Å²) >= 11 is 0. The van der Waals surface area contributed by atoms with Crippen LogP contribution in [0.1, 0.15) is 21.0 Å². The molecule has 0 radical (unpaired) electrons. The van der Waals surface area contributed by atoms with E-state index in [1.165, 1.54) is 37.0 Å². The van der Waals surface area contributed by atoms with Gasteiger partial charge in [-0.25, -0.2) is 4.79 Å². The molecule has 0 atom stereocenters. The second-order valence-corrected chi connectivity index (χ2v) is 4.56. The van der Waals surface area contributed by atoms with Gasteiger partial charge in [-0.05, 0) is 24.3 Å². The summed E-state index contributed by atoms with van der Waals surface area (Å²) in [6, 6.07) is 5.83. The average Bonchev–Trinajstić information content (AvgIpc) is 2.89. The summed E-state index contributed by atoms with van der Waals surface area (Å²) in [5.41, 5.74) is 0.268. The maximum Gasteiger partial charge on any atom is 0.573 e. The number of esters is 1. The van der Waals surface area contributed by atoms with Gasteiger partial charge in [0.15, 0.2) is 5.69 Å². The van der Waals surface area contributed by atoms with Gasteiger partial charge in [0.25, 0.3) is 5.91 Å². The predicted molar refractivity (Wildman–Crippen MR) is 75.6 cm³/mol. The Morgan fingerprint density at radius 2 is 1.83 bits per heavy atom. The molecule has 0 aliphatic rings. The maximum atomic E-state index is 12.1. The number of rotatable bonds is 4. The molecular weight excluding hydrogens is 331 g/mol. The van der Waals surface area contributed by atoms with Gasteiger partial charge in [-0.1, -0.05) is 0 Å². The molecular formula is C14H12F3N3O4. The van der Waals surface area contributed by atoms with Crippen molar-refractivity contribution >= 4 is 17.6 Å². The number of carbonyl (C=O) groups is 2. The van der Waals surface area contributed by atoms with Gasteiger partial charge in [-0.3, -0.25) is 9.48 Å². The van der Waals surface area contributed by atoms with Crippen molar-refractivity contribution in [2.45, 2.75) is 6.36 Å². The molecule has 128 valence electrons. The maximum absolute atomic E-state index is 12.1. The molecule has 0 saturated carbocycles. The van der Waals surface area contributed by atoms with E-state index in [2.05, 4.69) is 19.9 Å². The molecule has 1 aromatic heterocycles. The highest BCUT2D eigenvalue weighted by Gasteiger charge is 2.31. The van der Waals surface area contributed by atoms with Crippen LogP contribution in [-0.4, -0.2) is 35.1 Å². The van der Waals surface area contributed by atoms with E-state index in [4.69, 9.17) is 0 Å². The van der Waals surface area contributed by atoms with Crippen LogP contribution >= 0.6 is 0 Å². The van der Waals surface area contributed by atoms with Gasteiger partial charge in [0.2, 0.25) is 0 Å². The van der Waals surface area contributed by atoms with Crippen molar-refractivity contribution in [3.63, 3.8) is 0 Å². The van der Waals surface area contributed by atoms with E-state index in [-0.39, 0.29) is 17.1 Å². The minimum atomic E-state index is -4.79. The van der Waals surface area contributed by atoms with E-state index in [0.29, 0.717) is 0 Å². The molecule has 1 heterocycles. The summed E-state index contributed by atoms with van der Waals surface area (Å²) in [5, 5.41) is 6.31. The molecule has 0 aliphatic carbocycles. The van der Waals surface area contributed by atoms with Crippen LogP contribution in [0.25, 0.3) is 0 Å². The smallest absolute Gasteiger partial charge is 0.464 e. The van der Waals surface area contributed by atoms with Crippen LogP contribution in [0.15, 0.2) is 30.3 Å². The number of carbonyl (C=O) groups excluding carboxylic acids is 2. The van der Waals surface area contributed by atoms with Gasteiger partial charge in [-0.15, -0.1) is 13.2 Å². The van der Waals surface area contributed by atoms with Gasteiger partial charge < -0.3 is 14.8 Å². The summed E-state index contributed by atoms with van der Waals surface area (Å²) in [4.78, 5) is 23.5. The molecule has 0 fully saturated rings. The van der Waals surface area contributed by atoms with Crippen LogP contribution in [0.3, 0.4) is 0 Å². The minimum absolute atomic E-state index is 0.0477. The van der Waals surface area contributed by atoms with E-state index in [9.17, 15) is 22.8 Å². The largest absolute Gasteiger partial charge is 0.573 e. The molecule has 1 amide bonds. The lowest BCUT2D eigenvalue weighted by Crippen LogP contribution is -2.17. The number of amides is 1. The quantitative estimate of drug-likeness (QED) is 0.862. The average molecular weight is 343 g/mol. The Bertz CT molecular complexity index is 754. The summed E-state index contributed by atoms with van der Waals surface area (Å²) in [6.07, 6.45) is -4.79. The second kappa shape index (κ2) is 6.60. The van der Waals surface area contributed by atoms with Gasteiger partial charge in [0.1, 0.15) is 11.4 Å². The number of nitrogens with zero attached hydrogens (tertiary/aromatic N) is 2. The molecule has 2 rings (SSSR count). The Morgan fingerprint density at radius 3 is 2.38 bits per heavy atom. The first-order valence-corrected chi connectivity index (χ1v) is 6.49. The third-order valence-electron chi connectivity index (χ3n) is 2.85. The number of anilines is 1. The first-order valence-electron chi connectivity index (χ1n) is 6.49. The van der Waals surface area contributed by atoms with Crippen molar-refractivity contribution in [1.29, 1.82) is 0 Å². The lowest BCUT2D eigenvalue weighted by atomic mass is 10.3. The Morgan fingerprint density at radius 1 is 1.21 bits per heavy atom.